The molecule has 0 unspecified atom stereocenters. The van der Waals surface area contributed by atoms with Crippen molar-refractivity contribution < 1.29 is 13.3 Å². The minimum absolute atomic E-state index is 0.0862. The number of hydrogen-bond acceptors (Lipinski definition) is 5. The molecule has 0 saturated heterocycles. The standard InChI is InChI=1S/C12H15N3O4S/c1-9(2)8-10(3)13-14-20(18,19)12-6-4-11(5-7-12)15(16)17/h4-8,14H,1-3H3. The van der Waals surface area contributed by atoms with Gasteiger partial charge in [-0.15, -0.1) is 0 Å². The van der Waals surface area contributed by atoms with Gasteiger partial charge in [0, 0.05) is 12.1 Å². The highest BCUT2D eigenvalue weighted by atomic mass is 32.2. The van der Waals surface area contributed by atoms with Crippen LogP contribution >= 0.6 is 0 Å². The number of benzene rings is 1. The lowest BCUT2D eigenvalue weighted by Crippen LogP contribution is -2.19. The van der Waals surface area contributed by atoms with Crippen molar-refractivity contribution in [2.45, 2.75) is 25.7 Å². The minimum Gasteiger partial charge on any atom is -0.258 e. The van der Waals surface area contributed by atoms with E-state index in [2.05, 4.69) is 9.93 Å². The van der Waals surface area contributed by atoms with E-state index in [-0.39, 0.29) is 10.6 Å². The minimum atomic E-state index is -3.82. The highest BCUT2D eigenvalue weighted by Gasteiger charge is 2.14. The van der Waals surface area contributed by atoms with Crippen LogP contribution in [0.1, 0.15) is 20.8 Å². The number of sulfonamides is 1. The van der Waals surface area contributed by atoms with Crippen LogP contribution in [0.3, 0.4) is 0 Å². The summed E-state index contributed by atoms with van der Waals surface area (Å²) in [7, 11) is -3.82. The number of nitrogens with zero attached hydrogens (tertiary/aromatic N) is 2. The second-order valence-electron chi connectivity index (χ2n) is 4.32. The van der Waals surface area contributed by atoms with Gasteiger partial charge in [-0.3, -0.25) is 10.1 Å². The number of nitro groups is 1. The molecule has 0 heterocycles. The zero-order chi connectivity index (χ0) is 15.3. The Labute approximate surface area is 117 Å². The fraction of sp³-hybridized carbons (Fsp3) is 0.250. The predicted octanol–water partition coefficient (Wildman–Crippen LogP) is 2.22. The van der Waals surface area contributed by atoms with Gasteiger partial charge in [0.05, 0.1) is 15.5 Å². The van der Waals surface area contributed by atoms with Crippen LogP contribution in [0.5, 0.6) is 0 Å². The monoisotopic (exact) mass is 297 g/mol. The molecule has 1 N–H and O–H groups in total. The van der Waals surface area contributed by atoms with Crippen molar-refractivity contribution in [1.29, 1.82) is 0 Å². The summed E-state index contributed by atoms with van der Waals surface area (Å²) in [6.07, 6.45) is 1.72. The Morgan fingerprint density at radius 1 is 1.25 bits per heavy atom. The number of hydrogen-bond donors (Lipinski definition) is 1. The van der Waals surface area contributed by atoms with E-state index in [4.69, 9.17) is 0 Å². The summed E-state index contributed by atoms with van der Waals surface area (Å²) in [5.41, 5.74) is 1.32. The molecule has 0 aromatic heterocycles. The molecule has 7 nitrogen and oxygen atoms in total. The van der Waals surface area contributed by atoms with Crippen LogP contribution in [0.25, 0.3) is 0 Å². The van der Waals surface area contributed by atoms with Crippen molar-refractivity contribution in [3.05, 3.63) is 46.0 Å². The van der Waals surface area contributed by atoms with E-state index >= 15 is 0 Å². The van der Waals surface area contributed by atoms with Gasteiger partial charge < -0.3 is 0 Å². The van der Waals surface area contributed by atoms with Crippen LogP contribution in [-0.2, 0) is 10.0 Å². The van der Waals surface area contributed by atoms with Gasteiger partial charge in [0.25, 0.3) is 15.7 Å². The lowest BCUT2D eigenvalue weighted by molar-refractivity contribution is -0.384. The normalized spacial score (nSPS) is 11.8. The molecule has 8 heteroatoms. The van der Waals surface area contributed by atoms with Gasteiger partial charge in [-0.1, -0.05) is 5.57 Å². The molecule has 0 radical (unpaired) electrons. The van der Waals surface area contributed by atoms with Crippen molar-refractivity contribution >= 4 is 21.4 Å². The third kappa shape index (κ3) is 4.47. The number of nitro benzene ring substituents is 1. The van der Waals surface area contributed by atoms with Crippen LogP contribution in [0, 0.1) is 10.1 Å². The fourth-order valence-electron chi connectivity index (χ4n) is 1.38. The van der Waals surface area contributed by atoms with Crippen molar-refractivity contribution in [3.8, 4) is 0 Å². The predicted molar refractivity (Wildman–Crippen MR) is 76.0 cm³/mol. The molecule has 1 aromatic carbocycles. The molecule has 0 aliphatic rings. The van der Waals surface area contributed by atoms with Crippen LogP contribution in [0.2, 0.25) is 0 Å². The molecular formula is C12H15N3O4S. The SMILES string of the molecule is CC(C)=CC(C)=NNS(=O)(=O)c1ccc([N+](=O)[O-])cc1. The Bertz CT molecular complexity index is 656. The maximum atomic E-state index is 11.9. The Kier molecular flexibility index (Phi) is 4.98. The Morgan fingerprint density at radius 2 is 1.80 bits per heavy atom. The number of hydrazone groups is 1. The quantitative estimate of drug-likeness (QED) is 0.511. The first-order chi connectivity index (χ1) is 9.22. The first kappa shape index (κ1) is 15.8. The Hall–Kier alpha value is -2.22. The Balaban J connectivity index is 2.94. The van der Waals surface area contributed by atoms with E-state index in [1.807, 2.05) is 13.8 Å². The number of allylic oxidation sites excluding steroid dienone is 2. The molecule has 0 aliphatic carbocycles. The molecule has 0 aliphatic heterocycles. The van der Waals surface area contributed by atoms with Gasteiger partial charge >= 0.3 is 0 Å². The summed E-state index contributed by atoms with van der Waals surface area (Å²) >= 11 is 0. The van der Waals surface area contributed by atoms with Crippen LogP contribution in [0.4, 0.5) is 5.69 Å². The molecule has 1 rings (SSSR count). The van der Waals surface area contributed by atoms with Crippen LogP contribution in [-0.4, -0.2) is 19.1 Å². The molecule has 0 amide bonds. The van der Waals surface area contributed by atoms with E-state index in [0.717, 1.165) is 29.8 Å². The zero-order valence-corrected chi connectivity index (χ0v) is 12.1. The van der Waals surface area contributed by atoms with Gasteiger partial charge in [-0.25, -0.2) is 0 Å². The molecular weight excluding hydrogens is 282 g/mol. The van der Waals surface area contributed by atoms with E-state index in [0.29, 0.717) is 5.71 Å². The van der Waals surface area contributed by atoms with E-state index < -0.39 is 14.9 Å². The molecule has 0 atom stereocenters. The first-order valence-electron chi connectivity index (χ1n) is 5.68. The molecule has 1 aromatic rings. The van der Waals surface area contributed by atoms with Crippen LogP contribution in [0.15, 0.2) is 45.9 Å². The highest BCUT2D eigenvalue weighted by molar-refractivity contribution is 7.89. The number of rotatable bonds is 5. The van der Waals surface area contributed by atoms with Crippen molar-refractivity contribution in [2.75, 3.05) is 0 Å². The van der Waals surface area contributed by atoms with Gasteiger partial charge in [0.2, 0.25) is 0 Å². The average molecular weight is 297 g/mol. The van der Waals surface area contributed by atoms with E-state index in [1.165, 1.54) is 0 Å². The Morgan fingerprint density at radius 3 is 2.25 bits per heavy atom. The van der Waals surface area contributed by atoms with Gasteiger partial charge in [-0.2, -0.15) is 18.4 Å². The third-order valence-electron chi connectivity index (χ3n) is 2.20. The maximum absolute atomic E-state index is 11.9. The summed E-state index contributed by atoms with van der Waals surface area (Å²) in [4.78, 5) is 11.9. The van der Waals surface area contributed by atoms with Gasteiger partial charge in [-0.05, 0) is 39.0 Å². The summed E-state index contributed by atoms with van der Waals surface area (Å²) in [5.74, 6) is 0. The second-order valence-corrected chi connectivity index (χ2v) is 5.98. The van der Waals surface area contributed by atoms with Crippen molar-refractivity contribution in [1.82, 2.24) is 4.83 Å². The molecule has 0 fully saturated rings. The van der Waals surface area contributed by atoms with Crippen molar-refractivity contribution in [3.63, 3.8) is 0 Å². The van der Waals surface area contributed by atoms with Crippen molar-refractivity contribution in [2.24, 2.45) is 5.10 Å². The molecule has 20 heavy (non-hydrogen) atoms. The molecule has 0 spiro atoms. The lowest BCUT2D eigenvalue weighted by Gasteiger charge is -2.03. The third-order valence-corrected chi connectivity index (χ3v) is 3.42. The first-order valence-corrected chi connectivity index (χ1v) is 7.16. The van der Waals surface area contributed by atoms with Gasteiger partial charge in [0.15, 0.2) is 0 Å². The van der Waals surface area contributed by atoms with E-state index in [9.17, 15) is 18.5 Å². The van der Waals surface area contributed by atoms with Crippen LogP contribution < -0.4 is 4.83 Å². The summed E-state index contributed by atoms with van der Waals surface area (Å²) in [5, 5.41) is 14.2. The zero-order valence-electron chi connectivity index (χ0n) is 11.3. The summed E-state index contributed by atoms with van der Waals surface area (Å²) < 4.78 is 23.8. The summed E-state index contributed by atoms with van der Waals surface area (Å²) in [6.45, 7) is 5.39. The molecule has 108 valence electrons. The second kappa shape index (κ2) is 6.29. The lowest BCUT2D eigenvalue weighted by atomic mass is 10.3. The smallest absolute Gasteiger partial charge is 0.258 e. The fourth-order valence-corrected chi connectivity index (χ4v) is 2.25. The molecule has 0 bridgehead atoms. The summed E-state index contributed by atoms with van der Waals surface area (Å²) in [6, 6.07) is 4.57. The largest absolute Gasteiger partial charge is 0.276 e. The number of non-ortho nitro benzene ring substituents is 1. The topological polar surface area (TPSA) is 102 Å². The number of nitrogens with one attached hydrogen (secondary N) is 1. The highest BCUT2D eigenvalue weighted by Crippen LogP contribution is 2.15. The maximum Gasteiger partial charge on any atom is 0.276 e. The van der Waals surface area contributed by atoms with E-state index in [1.54, 1.807) is 13.0 Å². The molecule has 0 saturated carbocycles. The average Bonchev–Trinajstić information content (AvgIpc) is 2.36. The van der Waals surface area contributed by atoms with Gasteiger partial charge in [0.1, 0.15) is 0 Å².